The second kappa shape index (κ2) is 11.6. The maximum Gasteiger partial charge on any atom is 0.191 e. The van der Waals surface area contributed by atoms with E-state index in [4.69, 9.17) is 11.6 Å². The Morgan fingerprint density at radius 1 is 1.41 bits per heavy atom. The van der Waals surface area contributed by atoms with E-state index in [-0.39, 0.29) is 36.6 Å². The molecule has 1 aliphatic heterocycles. The summed E-state index contributed by atoms with van der Waals surface area (Å²) < 4.78 is 1.83. The summed E-state index contributed by atoms with van der Waals surface area (Å²) in [7, 11) is 1.93. The topological polar surface area (TPSA) is 77.7 Å². The summed E-state index contributed by atoms with van der Waals surface area (Å²) in [6.45, 7) is 4.96. The summed E-state index contributed by atoms with van der Waals surface area (Å²) in [5.41, 5.74) is 1.84. The Bertz CT molecular complexity index is 799. The largest absolute Gasteiger partial charge is 0.386 e. The van der Waals surface area contributed by atoms with Gasteiger partial charge in [-0.1, -0.05) is 29.8 Å². The Balaban J connectivity index is 0.00000300. The standard InChI is InChI=1S/C20H29ClN6O.HI/c1-3-22-20(23-12-19(28)17-8-4-5-9-18(17)21)25-15-7-6-10-27(13-15)16-11-24-26(2)14-16;/h4-5,8-9,11,14-15,19,28H,3,6-7,10,12-13H2,1-2H3,(H2,22,23,25);1H. The number of guanidine groups is 1. The minimum absolute atomic E-state index is 0. The van der Waals surface area contributed by atoms with Gasteiger partial charge in [-0.3, -0.25) is 9.67 Å². The van der Waals surface area contributed by atoms with Gasteiger partial charge in [0, 0.05) is 49.5 Å². The molecule has 160 valence electrons. The summed E-state index contributed by atoms with van der Waals surface area (Å²) in [5.74, 6) is 0.714. The third-order valence-electron chi connectivity index (χ3n) is 4.85. The summed E-state index contributed by atoms with van der Waals surface area (Å²) in [4.78, 5) is 6.92. The first-order valence-electron chi connectivity index (χ1n) is 9.77. The van der Waals surface area contributed by atoms with Crippen LogP contribution in [-0.2, 0) is 7.05 Å². The molecule has 0 amide bonds. The fourth-order valence-electron chi connectivity index (χ4n) is 3.44. The molecule has 0 saturated carbocycles. The lowest BCUT2D eigenvalue weighted by Crippen LogP contribution is -2.51. The average molecular weight is 533 g/mol. The van der Waals surface area contributed by atoms with E-state index < -0.39 is 6.10 Å². The molecule has 2 atom stereocenters. The second-order valence-corrected chi connectivity index (χ2v) is 7.47. The summed E-state index contributed by atoms with van der Waals surface area (Å²) >= 11 is 6.18. The highest BCUT2D eigenvalue weighted by atomic mass is 127. The van der Waals surface area contributed by atoms with Gasteiger partial charge in [0.05, 0.1) is 18.4 Å². The predicted molar refractivity (Wildman–Crippen MR) is 129 cm³/mol. The van der Waals surface area contributed by atoms with Crippen LogP contribution in [0, 0.1) is 0 Å². The molecule has 1 aromatic carbocycles. The summed E-state index contributed by atoms with van der Waals surface area (Å²) in [5, 5.41) is 22.1. The fourth-order valence-corrected chi connectivity index (χ4v) is 3.70. The van der Waals surface area contributed by atoms with Crippen molar-refractivity contribution in [3.8, 4) is 0 Å². The Morgan fingerprint density at radius 2 is 2.21 bits per heavy atom. The number of nitrogens with zero attached hydrogens (tertiary/aromatic N) is 4. The number of aliphatic hydroxyl groups is 1. The average Bonchev–Trinajstić information content (AvgIpc) is 3.13. The molecule has 3 rings (SSSR count). The maximum atomic E-state index is 10.5. The molecule has 1 fully saturated rings. The number of rotatable bonds is 6. The molecule has 2 heterocycles. The molecule has 0 bridgehead atoms. The van der Waals surface area contributed by atoms with Gasteiger partial charge in [0.25, 0.3) is 0 Å². The Hall–Kier alpha value is -1.52. The zero-order valence-corrected chi connectivity index (χ0v) is 20.0. The molecule has 0 radical (unpaired) electrons. The molecule has 2 unspecified atom stereocenters. The second-order valence-electron chi connectivity index (χ2n) is 7.06. The van der Waals surface area contributed by atoms with Crippen molar-refractivity contribution >= 4 is 47.2 Å². The van der Waals surface area contributed by atoms with Crippen molar-refractivity contribution in [1.82, 2.24) is 20.4 Å². The summed E-state index contributed by atoms with van der Waals surface area (Å²) in [6, 6.07) is 7.61. The van der Waals surface area contributed by atoms with Crippen molar-refractivity contribution < 1.29 is 5.11 Å². The monoisotopic (exact) mass is 532 g/mol. The van der Waals surface area contributed by atoms with Gasteiger partial charge in [0.2, 0.25) is 0 Å². The van der Waals surface area contributed by atoms with E-state index in [1.807, 2.05) is 49.2 Å². The van der Waals surface area contributed by atoms with Crippen molar-refractivity contribution in [2.45, 2.75) is 31.9 Å². The van der Waals surface area contributed by atoms with Crippen molar-refractivity contribution in [1.29, 1.82) is 0 Å². The number of aromatic nitrogens is 2. The predicted octanol–water partition coefficient (Wildman–Crippen LogP) is 2.95. The Labute approximate surface area is 194 Å². The van der Waals surface area contributed by atoms with Gasteiger partial charge in [-0.2, -0.15) is 5.10 Å². The van der Waals surface area contributed by atoms with Gasteiger partial charge < -0.3 is 20.6 Å². The van der Waals surface area contributed by atoms with Gasteiger partial charge >= 0.3 is 0 Å². The van der Waals surface area contributed by atoms with Gasteiger partial charge in [0.1, 0.15) is 6.10 Å². The van der Waals surface area contributed by atoms with Crippen molar-refractivity contribution in [2.24, 2.45) is 12.0 Å². The summed E-state index contributed by atoms with van der Waals surface area (Å²) in [6.07, 6.45) is 5.40. The number of aliphatic hydroxyl groups excluding tert-OH is 1. The lowest BCUT2D eigenvalue weighted by molar-refractivity contribution is 0.187. The number of hydrogen-bond acceptors (Lipinski definition) is 4. The molecule has 1 aliphatic rings. The molecular formula is C20H30ClIN6O. The number of piperidine rings is 1. The maximum absolute atomic E-state index is 10.5. The van der Waals surface area contributed by atoms with Gasteiger partial charge in [-0.25, -0.2) is 0 Å². The van der Waals surface area contributed by atoms with Crippen LogP contribution in [0.3, 0.4) is 0 Å². The van der Waals surface area contributed by atoms with Crippen LogP contribution >= 0.6 is 35.6 Å². The molecular weight excluding hydrogens is 503 g/mol. The molecule has 29 heavy (non-hydrogen) atoms. The van der Waals surface area contributed by atoms with Crippen molar-refractivity contribution in [2.75, 3.05) is 31.1 Å². The van der Waals surface area contributed by atoms with E-state index in [9.17, 15) is 5.11 Å². The zero-order chi connectivity index (χ0) is 19.9. The minimum Gasteiger partial charge on any atom is -0.386 e. The Kier molecular flexibility index (Phi) is 9.51. The molecule has 0 spiro atoms. The number of nitrogens with one attached hydrogen (secondary N) is 2. The van der Waals surface area contributed by atoms with Crippen LogP contribution in [0.4, 0.5) is 5.69 Å². The number of hydrogen-bond donors (Lipinski definition) is 3. The smallest absolute Gasteiger partial charge is 0.191 e. The molecule has 0 aliphatic carbocycles. The van der Waals surface area contributed by atoms with Crippen LogP contribution in [0.1, 0.15) is 31.4 Å². The first kappa shape index (κ1) is 23.8. The lowest BCUT2D eigenvalue weighted by Gasteiger charge is -2.34. The fraction of sp³-hybridized carbons (Fsp3) is 0.500. The molecule has 1 aromatic heterocycles. The van der Waals surface area contributed by atoms with Gasteiger partial charge in [-0.15, -0.1) is 24.0 Å². The molecule has 3 N–H and O–H groups in total. The number of benzene rings is 1. The van der Waals surface area contributed by atoms with Gasteiger partial charge in [0.15, 0.2) is 5.96 Å². The Morgan fingerprint density at radius 3 is 2.90 bits per heavy atom. The van der Waals surface area contributed by atoms with Crippen LogP contribution in [0.15, 0.2) is 41.7 Å². The molecule has 7 nitrogen and oxygen atoms in total. The van der Waals surface area contributed by atoms with E-state index >= 15 is 0 Å². The van der Waals surface area contributed by atoms with Crippen LogP contribution < -0.4 is 15.5 Å². The molecule has 1 saturated heterocycles. The van der Waals surface area contributed by atoms with Crippen LogP contribution in [0.2, 0.25) is 5.02 Å². The van der Waals surface area contributed by atoms with E-state index in [0.29, 0.717) is 16.5 Å². The number of halogens is 2. The third kappa shape index (κ3) is 6.75. The normalized spacial score (nSPS) is 18.1. The first-order chi connectivity index (χ1) is 13.6. The van der Waals surface area contributed by atoms with E-state index in [2.05, 4.69) is 25.6 Å². The molecule has 2 aromatic rings. The lowest BCUT2D eigenvalue weighted by atomic mass is 10.1. The number of aryl methyl sites for hydroxylation is 1. The third-order valence-corrected chi connectivity index (χ3v) is 5.19. The van der Waals surface area contributed by atoms with E-state index in [1.54, 1.807) is 6.07 Å². The van der Waals surface area contributed by atoms with Crippen LogP contribution in [0.5, 0.6) is 0 Å². The number of anilines is 1. The van der Waals surface area contributed by atoms with Crippen molar-refractivity contribution in [3.63, 3.8) is 0 Å². The van der Waals surface area contributed by atoms with Gasteiger partial charge in [-0.05, 0) is 25.8 Å². The van der Waals surface area contributed by atoms with Crippen LogP contribution in [-0.4, -0.2) is 53.1 Å². The highest BCUT2D eigenvalue weighted by molar-refractivity contribution is 14.0. The van der Waals surface area contributed by atoms with Crippen molar-refractivity contribution in [3.05, 3.63) is 47.2 Å². The first-order valence-corrected chi connectivity index (χ1v) is 10.2. The zero-order valence-electron chi connectivity index (χ0n) is 16.9. The van der Waals surface area contributed by atoms with Crippen LogP contribution in [0.25, 0.3) is 0 Å². The SMILES string of the molecule is CCNC(=NCC(O)c1ccccc1Cl)NC1CCCN(c2cnn(C)c2)C1.I. The highest BCUT2D eigenvalue weighted by Crippen LogP contribution is 2.23. The molecule has 9 heteroatoms. The number of aliphatic imine (C=N–C) groups is 1. The minimum atomic E-state index is -0.734. The van der Waals surface area contributed by atoms with E-state index in [1.165, 1.54) is 0 Å². The highest BCUT2D eigenvalue weighted by Gasteiger charge is 2.22. The quantitative estimate of drug-likeness (QED) is 0.303. The van der Waals surface area contributed by atoms with E-state index in [0.717, 1.165) is 38.2 Å².